The minimum Gasteiger partial charge on any atom is -0.356 e. The number of rotatable bonds is 6. The average Bonchev–Trinajstić information content (AvgIpc) is 3.49. The number of anilines is 1. The van der Waals surface area contributed by atoms with Crippen LogP contribution in [0.3, 0.4) is 0 Å². The summed E-state index contributed by atoms with van der Waals surface area (Å²) >= 11 is 6.04. The molecule has 0 saturated carbocycles. The first-order chi connectivity index (χ1) is 16.1. The number of carbonyl (C=O) groups excluding carboxylic acids is 1. The summed E-state index contributed by atoms with van der Waals surface area (Å²) < 4.78 is 1.92. The van der Waals surface area contributed by atoms with E-state index in [0.717, 1.165) is 67.4 Å². The summed E-state index contributed by atoms with van der Waals surface area (Å²) in [5.74, 6) is 1.32. The molecular formula is C25H31ClN6O. The normalized spacial score (nSPS) is 17.7. The number of benzene rings is 1. The number of aryl methyl sites for hydroxylation is 1. The van der Waals surface area contributed by atoms with Crippen molar-refractivity contribution in [3.8, 4) is 11.3 Å². The number of piperidine rings is 1. The Morgan fingerprint density at radius 3 is 2.55 bits per heavy atom. The molecule has 1 N–H and O–H groups in total. The lowest BCUT2D eigenvalue weighted by atomic mass is 9.96. The van der Waals surface area contributed by atoms with Gasteiger partial charge in [-0.1, -0.05) is 23.7 Å². The van der Waals surface area contributed by atoms with E-state index < -0.39 is 0 Å². The largest absolute Gasteiger partial charge is 0.356 e. The highest BCUT2D eigenvalue weighted by atomic mass is 35.5. The van der Waals surface area contributed by atoms with Crippen molar-refractivity contribution >= 4 is 29.0 Å². The molecule has 1 aromatic carbocycles. The lowest BCUT2D eigenvalue weighted by molar-refractivity contribution is -0.125. The SMILES string of the molecule is Cc1cc(N2CCC(C(=O)NCCN3CCCC3)CC2)n2nc(-c3ccc(Cl)cc3)cc2n1. The highest BCUT2D eigenvalue weighted by molar-refractivity contribution is 6.30. The standard InChI is InChI=1S/C25H31ClN6O/c1-18-16-24(32-23(28-18)17-22(29-32)19-4-6-21(26)7-5-19)31-13-8-20(9-14-31)25(33)27-10-15-30-11-2-3-12-30/h4-7,16-17,20H,2-3,8-15H2,1H3,(H,27,33). The molecule has 2 fully saturated rings. The molecule has 7 nitrogen and oxygen atoms in total. The van der Waals surface area contributed by atoms with Crippen molar-refractivity contribution in [3.63, 3.8) is 0 Å². The second kappa shape index (κ2) is 9.69. The molecule has 4 heterocycles. The second-order valence-electron chi connectivity index (χ2n) is 9.16. The van der Waals surface area contributed by atoms with E-state index in [2.05, 4.69) is 26.2 Å². The van der Waals surface area contributed by atoms with Crippen LogP contribution in [-0.4, -0.2) is 64.7 Å². The van der Waals surface area contributed by atoms with Gasteiger partial charge in [0.05, 0.1) is 5.69 Å². The molecule has 33 heavy (non-hydrogen) atoms. The highest BCUT2D eigenvalue weighted by Crippen LogP contribution is 2.27. The van der Waals surface area contributed by atoms with Crippen LogP contribution in [0.25, 0.3) is 16.9 Å². The van der Waals surface area contributed by atoms with Crippen LogP contribution in [0.15, 0.2) is 36.4 Å². The van der Waals surface area contributed by atoms with Gasteiger partial charge >= 0.3 is 0 Å². The first-order valence-corrected chi connectivity index (χ1v) is 12.3. The number of likely N-dealkylation sites (tertiary alicyclic amines) is 1. The van der Waals surface area contributed by atoms with Crippen LogP contribution < -0.4 is 10.2 Å². The molecular weight excluding hydrogens is 436 g/mol. The molecule has 2 aromatic heterocycles. The van der Waals surface area contributed by atoms with Gasteiger partial charge in [-0.2, -0.15) is 9.61 Å². The first-order valence-electron chi connectivity index (χ1n) is 12.0. The lowest BCUT2D eigenvalue weighted by Gasteiger charge is -2.33. The fourth-order valence-electron chi connectivity index (χ4n) is 4.93. The number of halogens is 1. The quantitative estimate of drug-likeness (QED) is 0.598. The van der Waals surface area contributed by atoms with E-state index >= 15 is 0 Å². The molecule has 2 aliphatic heterocycles. The maximum absolute atomic E-state index is 12.7. The first kappa shape index (κ1) is 22.2. The van der Waals surface area contributed by atoms with Crippen molar-refractivity contribution < 1.29 is 4.79 Å². The Labute approximate surface area is 199 Å². The van der Waals surface area contributed by atoms with Crippen LogP contribution in [0.2, 0.25) is 5.02 Å². The van der Waals surface area contributed by atoms with Crippen molar-refractivity contribution in [3.05, 3.63) is 47.1 Å². The van der Waals surface area contributed by atoms with Crippen molar-refractivity contribution in [2.24, 2.45) is 5.92 Å². The third-order valence-corrected chi connectivity index (χ3v) is 7.04. The highest BCUT2D eigenvalue weighted by Gasteiger charge is 2.27. The van der Waals surface area contributed by atoms with Crippen molar-refractivity contribution in [1.29, 1.82) is 0 Å². The summed E-state index contributed by atoms with van der Waals surface area (Å²) in [7, 11) is 0. The third-order valence-electron chi connectivity index (χ3n) is 6.79. The third kappa shape index (κ3) is 4.99. The predicted molar refractivity (Wildman–Crippen MR) is 132 cm³/mol. The van der Waals surface area contributed by atoms with E-state index in [0.29, 0.717) is 5.02 Å². The van der Waals surface area contributed by atoms with E-state index in [4.69, 9.17) is 16.7 Å². The summed E-state index contributed by atoms with van der Waals surface area (Å²) in [6.45, 7) is 7.73. The number of carbonyl (C=O) groups is 1. The Bertz CT molecular complexity index is 1110. The molecule has 8 heteroatoms. The van der Waals surface area contributed by atoms with E-state index in [1.807, 2.05) is 41.8 Å². The second-order valence-corrected chi connectivity index (χ2v) is 9.60. The minimum absolute atomic E-state index is 0.0838. The van der Waals surface area contributed by atoms with E-state index in [9.17, 15) is 4.79 Å². The van der Waals surface area contributed by atoms with Gasteiger partial charge in [-0.15, -0.1) is 0 Å². The van der Waals surface area contributed by atoms with E-state index in [1.165, 1.54) is 25.9 Å². The molecule has 174 valence electrons. The van der Waals surface area contributed by atoms with Crippen LogP contribution in [0, 0.1) is 12.8 Å². The number of fused-ring (bicyclic) bond motifs is 1. The maximum Gasteiger partial charge on any atom is 0.223 e. The summed E-state index contributed by atoms with van der Waals surface area (Å²) in [6.07, 6.45) is 4.27. The van der Waals surface area contributed by atoms with Gasteiger partial charge in [-0.3, -0.25) is 4.79 Å². The Kier molecular flexibility index (Phi) is 6.51. The minimum atomic E-state index is 0.0838. The van der Waals surface area contributed by atoms with Crippen molar-refractivity contribution in [1.82, 2.24) is 24.8 Å². The molecule has 0 aliphatic carbocycles. The molecule has 5 rings (SSSR count). The van der Waals surface area contributed by atoms with Gasteiger partial charge in [0.15, 0.2) is 5.65 Å². The molecule has 0 bridgehead atoms. The topological polar surface area (TPSA) is 65.8 Å². The van der Waals surface area contributed by atoms with Gasteiger partial charge in [0.2, 0.25) is 5.91 Å². The molecule has 1 amide bonds. The zero-order valence-electron chi connectivity index (χ0n) is 19.1. The van der Waals surface area contributed by atoms with E-state index in [1.54, 1.807) is 0 Å². The lowest BCUT2D eigenvalue weighted by Crippen LogP contribution is -2.42. The number of hydrogen-bond acceptors (Lipinski definition) is 5. The van der Waals surface area contributed by atoms with Gasteiger partial charge in [0.25, 0.3) is 0 Å². The van der Waals surface area contributed by atoms with Crippen LogP contribution in [0.4, 0.5) is 5.82 Å². The molecule has 2 saturated heterocycles. The van der Waals surface area contributed by atoms with Gasteiger partial charge in [0, 0.05) is 60.5 Å². The van der Waals surface area contributed by atoms with Gasteiger partial charge in [-0.05, 0) is 57.8 Å². The van der Waals surface area contributed by atoms with Crippen LogP contribution in [0.1, 0.15) is 31.4 Å². The summed E-state index contributed by atoms with van der Waals surface area (Å²) in [6, 6.07) is 11.8. The Morgan fingerprint density at radius 1 is 1.09 bits per heavy atom. The Hall–Kier alpha value is -2.64. The number of nitrogens with zero attached hydrogens (tertiary/aromatic N) is 5. The molecule has 0 atom stereocenters. The molecule has 3 aromatic rings. The number of nitrogens with one attached hydrogen (secondary N) is 1. The average molecular weight is 467 g/mol. The fourth-order valence-corrected chi connectivity index (χ4v) is 5.05. The summed E-state index contributed by atoms with van der Waals surface area (Å²) in [5.41, 5.74) is 3.68. The van der Waals surface area contributed by atoms with Gasteiger partial charge < -0.3 is 15.1 Å². The molecule has 0 unspecified atom stereocenters. The van der Waals surface area contributed by atoms with Crippen LogP contribution in [0.5, 0.6) is 0 Å². The van der Waals surface area contributed by atoms with Crippen molar-refractivity contribution in [2.75, 3.05) is 44.2 Å². The van der Waals surface area contributed by atoms with Gasteiger partial charge in [0.1, 0.15) is 5.82 Å². The van der Waals surface area contributed by atoms with Crippen molar-refractivity contribution in [2.45, 2.75) is 32.6 Å². The van der Waals surface area contributed by atoms with E-state index in [-0.39, 0.29) is 11.8 Å². The fraction of sp³-hybridized carbons (Fsp3) is 0.480. The smallest absolute Gasteiger partial charge is 0.223 e. The van der Waals surface area contributed by atoms with Gasteiger partial charge in [-0.25, -0.2) is 4.98 Å². The zero-order chi connectivity index (χ0) is 22.8. The molecule has 0 spiro atoms. The number of hydrogen-bond donors (Lipinski definition) is 1. The van der Waals surface area contributed by atoms with Crippen LogP contribution in [-0.2, 0) is 4.79 Å². The Morgan fingerprint density at radius 2 is 1.82 bits per heavy atom. The molecule has 0 radical (unpaired) electrons. The molecule has 2 aliphatic rings. The van der Waals surface area contributed by atoms with Crippen LogP contribution >= 0.6 is 11.6 Å². The summed E-state index contributed by atoms with van der Waals surface area (Å²) in [4.78, 5) is 22.1. The monoisotopic (exact) mass is 466 g/mol. The number of aromatic nitrogens is 3. The predicted octanol–water partition coefficient (Wildman–Crippen LogP) is 3.79. The Balaban J connectivity index is 1.25. The zero-order valence-corrected chi connectivity index (χ0v) is 19.9. The number of amides is 1. The summed E-state index contributed by atoms with van der Waals surface area (Å²) in [5, 5.41) is 8.72. The maximum atomic E-state index is 12.7.